The molecule has 0 amide bonds. The molecule has 0 aliphatic carbocycles. The number of H-pyrrole nitrogens is 1. The van der Waals surface area contributed by atoms with Crippen molar-refractivity contribution in [3.8, 4) is 0 Å². The van der Waals surface area contributed by atoms with Crippen LogP contribution in [0.25, 0.3) is 11.2 Å². The van der Waals surface area contributed by atoms with Gasteiger partial charge in [0.1, 0.15) is 12.7 Å². The van der Waals surface area contributed by atoms with E-state index in [1.165, 1.54) is 0 Å². The summed E-state index contributed by atoms with van der Waals surface area (Å²) in [7, 11) is -17.3. The van der Waals surface area contributed by atoms with Gasteiger partial charge in [0.2, 0.25) is 5.95 Å². The molecule has 0 saturated heterocycles. The molecule has 23 heteroatoms. The SMILES string of the molecule is C[C@H](O)[C@@](F)(COP(=O)(O)OP(=O)(O)OP(=O)(O)O)OC(CO)n1cnc2c(=O)[nH]c(N)nc21. The summed E-state index contributed by atoms with van der Waals surface area (Å²) in [5.41, 5.74) is 4.09. The van der Waals surface area contributed by atoms with Gasteiger partial charge in [-0.15, -0.1) is 0 Å². The van der Waals surface area contributed by atoms with Crippen molar-refractivity contribution in [3.63, 3.8) is 0 Å². The lowest BCUT2D eigenvalue weighted by Crippen LogP contribution is -2.45. The van der Waals surface area contributed by atoms with Crippen LogP contribution in [-0.4, -0.2) is 74.5 Å². The fourth-order valence-electron chi connectivity index (χ4n) is 2.29. The summed E-state index contributed by atoms with van der Waals surface area (Å²) in [5.74, 6) is -3.81. The van der Waals surface area contributed by atoms with E-state index >= 15 is 4.39 Å². The minimum absolute atomic E-state index is 0.277. The molecule has 0 bridgehead atoms. The number of phosphoric ester groups is 1. The van der Waals surface area contributed by atoms with Crippen LogP contribution < -0.4 is 11.3 Å². The number of aliphatic hydroxyl groups is 2. The Morgan fingerprint density at radius 3 is 2.38 bits per heavy atom. The number of hydrogen-bond acceptors (Lipinski definition) is 13. The Balaban J connectivity index is 2.26. The van der Waals surface area contributed by atoms with Crippen molar-refractivity contribution in [1.29, 1.82) is 0 Å². The molecule has 0 saturated carbocycles. The molecule has 0 aliphatic heterocycles. The first kappa shape index (κ1) is 28.6. The molecule has 0 spiro atoms. The summed E-state index contributed by atoms with van der Waals surface area (Å²) in [5, 5.41) is 19.4. The van der Waals surface area contributed by atoms with Crippen LogP contribution in [0.1, 0.15) is 13.2 Å². The zero-order valence-corrected chi connectivity index (χ0v) is 19.4. The number of aromatic amines is 1. The largest absolute Gasteiger partial charge is 0.490 e. The van der Waals surface area contributed by atoms with Gasteiger partial charge < -0.3 is 40.3 Å². The van der Waals surface area contributed by atoms with Crippen LogP contribution in [0.2, 0.25) is 0 Å². The van der Waals surface area contributed by atoms with Crippen molar-refractivity contribution in [2.24, 2.45) is 0 Å². The number of halogens is 1. The van der Waals surface area contributed by atoms with E-state index in [2.05, 4.69) is 28.1 Å². The summed E-state index contributed by atoms with van der Waals surface area (Å²) in [4.78, 5) is 57.1. The second kappa shape index (κ2) is 10.2. The van der Waals surface area contributed by atoms with E-state index in [1.807, 2.05) is 0 Å². The third-order valence-electron chi connectivity index (χ3n) is 3.71. The van der Waals surface area contributed by atoms with Crippen molar-refractivity contribution in [2.75, 3.05) is 18.9 Å². The topological polar surface area (TPSA) is 299 Å². The monoisotopic (exact) mass is 557 g/mol. The predicted octanol–water partition coefficient (Wildman–Crippen LogP) is -1.40. The third-order valence-corrected chi connectivity index (χ3v) is 7.50. The summed E-state index contributed by atoms with van der Waals surface area (Å²) in [6, 6.07) is 0. The normalized spacial score (nSPS) is 19.8. The number of fused-ring (bicyclic) bond motifs is 1. The number of nitrogens with one attached hydrogen (secondary N) is 1. The highest BCUT2D eigenvalue weighted by molar-refractivity contribution is 7.66. The van der Waals surface area contributed by atoms with Gasteiger partial charge in [-0.2, -0.15) is 13.6 Å². The van der Waals surface area contributed by atoms with Gasteiger partial charge in [0.15, 0.2) is 17.4 Å². The second-order valence-electron chi connectivity index (χ2n) is 6.36. The zero-order chi connectivity index (χ0) is 26.1. The molecular formula is C11H19FN5O14P3. The van der Waals surface area contributed by atoms with E-state index in [4.69, 9.17) is 25.2 Å². The smallest absolute Gasteiger partial charge is 0.392 e. The van der Waals surface area contributed by atoms with Crippen molar-refractivity contribution in [2.45, 2.75) is 25.1 Å². The first-order valence-corrected chi connectivity index (χ1v) is 13.1. The molecule has 5 atom stereocenters. The summed E-state index contributed by atoms with van der Waals surface area (Å²) in [6.07, 6.45) is -3.05. The Hall–Kier alpha value is -1.63. The Kier molecular flexibility index (Phi) is 8.55. The first-order valence-electron chi connectivity index (χ1n) is 8.54. The molecule has 0 fully saturated rings. The maximum absolute atomic E-state index is 15.3. The van der Waals surface area contributed by atoms with Crippen molar-refractivity contribution in [1.82, 2.24) is 19.5 Å². The van der Waals surface area contributed by atoms with Gasteiger partial charge >= 0.3 is 23.5 Å². The van der Waals surface area contributed by atoms with Gasteiger partial charge in [0.25, 0.3) is 11.4 Å². The van der Waals surface area contributed by atoms with Gasteiger partial charge in [-0.05, 0) is 6.92 Å². The van der Waals surface area contributed by atoms with Crippen molar-refractivity contribution >= 4 is 40.6 Å². The van der Waals surface area contributed by atoms with Crippen LogP contribution in [0.4, 0.5) is 10.3 Å². The van der Waals surface area contributed by atoms with Crippen LogP contribution in [0.3, 0.4) is 0 Å². The highest BCUT2D eigenvalue weighted by Crippen LogP contribution is 2.66. The number of aromatic nitrogens is 4. The number of nitrogens with zero attached hydrogens (tertiary/aromatic N) is 3. The number of rotatable bonds is 12. The Morgan fingerprint density at radius 1 is 1.24 bits per heavy atom. The lowest BCUT2D eigenvalue weighted by molar-refractivity contribution is -0.263. The molecule has 2 aromatic rings. The van der Waals surface area contributed by atoms with Gasteiger partial charge in [-0.1, -0.05) is 0 Å². The van der Waals surface area contributed by atoms with E-state index in [-0.39, 0.29) is 17.1 Å². The number of hydrogen-bond donors (Lipinski definition) is 8. The van der Waals surface area contributed by atoms with Crippen molar-refractivity contribution < 1.29 is 65.8 Å². The molecule has 2 heterocycles. The van der Waals surface area contributed by atoms with Gasteiger partial charge in [0, 0.05) is 0 Å². The standard InChI is InChI=1S/C11H19FN5O14P3/c1-5(19)11(12,3-28-33(24,25)31-34(26,27)30-32(21,22)23)29-6(2-18)17-4-14-7-8(17)15-10(13)16-9(7)20/h4-6,18-19H,2-3H2,1H3,(H,24,25)(H,26,27)(H2,21,22,23)(H3,13,15,16,20)/t5-,6?,11+/m0/s1. The molecule has 9 N–H and O–H groups in total. The lowest BCUT2D eigenvalue weighted by Gasteiger charge is -2.32. The minimum atomic E-state index is -5.88. The fourth-order valence-corrected chi connectivity index (χ4v) is 5.32. The predicted molar refractivity (Wildman–Crippen MR) is 105 cm³/mol. The minimum Gasteiger partial charge on any atom is -0.392 e. The summed E-state index contributed by atoms with van der Waals surface area (Å²) < 4.78 is 66.0. The maximum Gasteiger partial charge on any atom is 0.490 e. The van der Waals surface area contributed by atoms with Crippen LogP contribution in [0.15, 0.2) is 11.1 Å². The zero-order valence-electron chi connectivity index (χ0n) is 16.7. The fraction of sp³-hybridized carbons (Fsp3) is 0.545. The molecule has 3 unspecified atom stereocenters. The molecule has 2 aromatic heterocycles. The van der Waals surface area contributed by atoms with Crippen LogP contribution in [-0.2, 0) is 31.6 Å². The molecule has 34 heavy (non-hydrogen) atoms. The quantitative estimate of drug-likeness (QED) is 0.139. The number of alkyl halides is 1. The molecular weight excluding hydrogens is 538 g/mol. The van der Waals surface area contributed by atoms with Crippen LogP contribution in [0.5, 0.6) is 0 Å². The molecule has 0 aliphatic rings. The average Bonchev–Trinajstić information content (AvgIpc) is 3.05. The lowest BCUT2D eigenvalue weighted by atomic mass is 10.2. The number of ether oxygens (including phenoxy) is 1. The number of imidazole rings is 1. The van der Waals surface area contributed by atoms with E-state index in [9.17, 15) is 33.6 Å². The molecule has 0 radical (unpaired) electrons. The van der Waals surface area contributed by atoms with Gasteiger partial charge in [-0.3, -0.25) is 18.9 Å². The van der Waals surface area contributed by atoms with Crippen molar-refractivity contribution in [3.05, 3.63) is 16.7 Å². The van der Waals surface area contributed by atoms with E-state index in [1.54, 1.807) is 0 Å². The highest BCUT2D eigenvalue weighted by Gasteiger charge is 2.46. The molecule has 194 valence electrons. The molecule has 2 rings (SSSR count). The Bertz CT molecular complexity index is 1230. The maximum atomic E-state index is 15.3. The third kappa shape index (κ3) is 7.43. The Morgan fingerprint density at radius 2 is 1.85 bits per heavy atom. The molecule has 0 aromatic carbocycles. The van der Waals surface area contributed by atoms with E-state index < -0.39 is 60.4 Å². The summed E-state index contributed by atoms with van der Waals surface area (Å²) in [6.45, 7) is -1.94. The van der Waals surface area contributed by atoms with E-state index in [0.717, 1.165) is 17.8 Å². The average molecular weight is 557 g/mol. The molecule has 19 nitrogen and oxygen atoms in total. The number of nitrogens with two attached hydrogens (primary N) is 1. The highest BCUT2D eigenvalue weighted by atomic mass is 31.3. The number of anilines is 1. The number of nitrogen functional groups attached to an aromatic ring is 1. The number of aliphatic hydroxyl groups excluding tert-OH is 2. The van der Waals surface area contributed by atoms with Crippen LogP contribution in [0, 0.1) is 0 Å². The first-order chi connectivity index (χ1) is 15.4. The van der Waals surface area contributed by atoms with Crippen LogP contribution >= 0.6 is 23.5 Å². The van der Waals surface area contributed by atoms with Gasteiger partial charge in [-0.25, -0.2) is 23.1 Å². The summed E-state index contributed by atoms with van der Waals surface area (Å²) >= 11 is 0. The second-order valence-corrected chi connectivity index (χ2v) is 10.8. The Labute approximate surface area is 187 Å². The van der Waals surface area contributed by atoms with E-state index in [0.29, 0.717) is 0 Å². The van der Waals surface area contributed by atoms with Gasteiger partial charge in [0.05, 0.1) is 12.9 Å². The number of phosphoric acid groups is 3.